The molecule has 0 radical (unpaired) electrons. The minimum Gasteiger partial charge on any atom is -0.497 e. The number of thiazole rings is 1. The molecule has 0 spiro atoms. The van der Waals surface area contributed by atoms with Crippen LogP contribution in [-0.2, 0) is 13.2 Å². The van der Waals surface area contributed by atoms with Crippen molar-refractivity contribution in [2.75, 3.05) is 7.11 Å². The Morgan fingerprint density at radius 2 is 1.89 bits per heavy atom. The van der Waals surface area contributed by atoms with Gasteiger partial charge in [-0.2, -0.15) is 0 Å². The highest BCUT2D eigenvalue weighted by Gasteiger charge is 2.06. The molecule has 5 heteroatoms. The lowest BCUT2D eigenvalue weighted by Gasteiger charge is -2.04. The van der Waals surface area contributed by atoms with Crippen LogP contribution in [0.15, 0.2) is 24.3 Å². The second-order valence-corrected chi connectivity index (χ2v) is 4.95. The Hall–Kier alpha value is -1.59. The lowest BCUT2D eigenvalue weighted by Crippen LogP contribution is -1.95. The van der Waals surface area contributed by atoms with E-state index in [-0.39, 0.29) is 0 Å². The Labute approximate surface area is 110 Å². The Morgan fingerprint density at radius 1 is 1.22 bits per heavy atom. The summed E-state index contributed by atoms with van der Waals surface area (Å²) < 4.78 is 10.7. The van der Waals surface area contributed by atoms with Crippen LogP contribution in [0.3, 0.4) is 0 Å². The maximum atomic E-state index is 5.66. The van der Waals surface area contributed by atoms with E-state index < -0.39 is 0 Å². The van der Waals surface area contributed by atoms with Crippen LogP contribution in [0.1, 0.15) is 15.6 Å². The fraction of sp³-hybridized carbons (Fsp3) is 0.308. The van der Waals surface area contributed by atoms with Crippen molar-refractivity contribution in [1.29, 1.82) is 0 Å². The van der Waals surface area contributed by atoms with E-state index in [0.717, 1.165) is 27.1 Å². The first-order chi connectivity index (χ1) is 8.72. The summed E-state index contributed by atoms with van der Waals surface area (Å²) in [6.45, 7) is 2.97. The largest absolute Gasteiger partial charge is 0.497 e. The third-order valence-corrected chi connectivity index (χ3v) is 3.70. The molecule has 0 atom stereocenters. The summed E-state index contributed by atoms with van der Waals surface area (Å²) >= 11 is 1.60. The maximum Gasteiger partial charge on any atom is 0.140 e. The number of rotatable bonds is 5. The Balaban J connectivity index is 1.97. The van der Waals surface area contributed by atoms with Crippen LogP contribution in [0.5, 0.6) is 11.5 Å². The van der Waals surface area contributed by atoms with Crippen molar-refractivity contribution in [1.82, 2.24) is 4.98 Å². The molecule has 0 fully saturated rings. The van der Waals surface area contributed by atoms with E-state index in [9.17, 15) is 0 Å². The zero-order valence-corrected chi connectivity index (χ0v) is 11.3. The van der Waals surface area contributed by atoms with E-state index in [4.69, 9.17) is 15.2 Å². The molecule has 4 nitrogen and oxygen atoms in total. The van der Waals surface area contributed by atoms with Gasteiger partial charge in [-0.05, 0) is 31.2 Å². The quantitative estimate of drug-likeness (QED) is 0.901. The van der Waals surface area contributed by atoms with E-state index in [2.05, 4.69) is 4.98 Å². The Morgan fingerprint density at radius 3 is 2.44 bits per heavy atom. The van der Waals surface area contributed by atoms with Gasteiger partial charge in [0.25, 0.3) is 0 Å². The molecule has 1 aromatic heterocycles. The van der Waals surface area contributed by atoms with Gasteiger partial charge >= 0.3 is 0 Å². The number of nitrogens with zero attached hydrogens (tertiary/aromatic N) is 1. The second-order valence-electron chi connectivity index (χ2n) is 3.78. The zero-order valence-electron chi connectivity index (χ0n) is 10.5. The van der Waals surface area contributed by atoms with Crippen LogP contribution < -0.4 is 15.2 Å². The van der Waals surface area contributed by atoms with E-state index >= 15 is 0 Å². The third-order valence-electron chi connectivity index (χ3n) is 2.54. The molecule has 0 saturated heterocycles. The van der Waals surface area contributed by atoms with Crippen molar-refractivity contribution < 1.29 is 9.47 Å². The molecule has 1 heterocycles. The number of aryl methyl sites for hydroxylation is 1. The number of ether oxygens (including phenoxy) is 2. The molecule has 2 N–H and O–H groups in total. The van der Waals surface area contributed by atoms with Gasteiger partial charge in [0, 0.05) is 11.4 Å². The lowest BCUT2D eigenvalue weighted by atomic mass is 10.3. The molecular weight excluding hydrogens is 248 g/mol. The maximum absolute atomic E-state index is 5.66. The lowest BCUT2D eigenvalue weighted by molar-refractivity contribution is 0.304. The van der Waals surface area contributed by atoms with Crippen molar-refractivity contribution in [3.63, 3.8) is 0 Å². The molecule has 2 rings (SSSR count). The molecule has 96 valence electrons. The smallest absolute Gasteiger partial charge is 0.140 e. The molecule has 0 aliphatic rings. The first kappa shape index (κ1) is 12.9. The predicted octanol–water partition coefficient (Wildman–Crippen LogP) is 2.50. The molecule has 0 aliphatic heterocycles. The minimum atomic E-state index is 0.470. The highest BCUT2D eigenvalue weighted by Crippen LogP contribution is 2.21. The number of benzene rings is 1. The Bertz CT molecular complexity index is 508. The Kier molecular flexibility index (Phi) is 4.17. The van der Waals surface area contributed by atoms with Gasteiger partial charge in [-0.25, -0.2) is 4.98 Å². The van der Waals surface area contributed by atoms with Crippen molar-refractivity contribution in [3.05, 3.63) is 39.8 Å². The molecule has 0 aliphatic carbocycles. The van der Waals surface area contributed by atoms with Crippen molar-refractivity contribution in [3.8, 4) is 11.5 Å². The summed E-state index contributed by atoms with van der Waals surface area (Å²) in [5, 5.41) is 0.948. The molecule has 0 saturated carbocycles. The number of nitrogens with two attached hydrogens (primary N) is 1. The van der Waals surface area contributed by atoms with E-state index in [0.29, 0.717) is 13.2 Å². The van der Waals surface area contributed by atoms with E-state index in [1.165, 1.54) is 0 Å². The van der Waals surface area contributed by atoms with Gasteiger partial charge < -0.3 is 15.2 Å². The SMILES string of the molecule is COc1ccc(OCc2nc(C)c(CN)s2)cc1. The topological polar surface area (TPSA) is 57.4 Å². The van der Waals surface area contributed by atoms with Gasteiger partial charge in [-0.1, -0.05) is 0 Å². The highest BCUT2D eigenvalue weighted by atomic mass is 32.1. The summed E-state index contributed by atoms with van der Waals surface area (Å²) in [4.78, 5) is 5.53. The summed E-state index contributed by atoms with van der Waals surface area (Å²) in [5.74, 6) is 1.62. The molecule has 1 aromatic carbocycles. The summed E-state index contributed by atoms with van der Waals surface area (Å²) in [6.07, 6.45) is 0. The third kappa shape index (κ3) is 3.00. The van der Waals surface area contributed by atoms with Gasteiger partial charge in [0.15, 0.2) is 0 Å². The summed E-state index contributed by atoms with van der Waals surface area (Å²) in [6, 6.07) is 7.49. The second kappa shape index (κ2) is 5.84. The molecule has 18 heavy (non-hydrogen) atoms. The average molecular weight is 264 g/mol. The monoisotopic (exact) mass is 264 g/mol. The standard InChI is InChI=1S/C13H16N2O2S/c1-9-12(7-14)18-13(15-9)8-17-11-5-3-10(16-2)4-6-11/h3-6H,7-8,14H2,1-2H3. The number of aromatic nitrogens is 1. The van der Waals surface area contributed by atoms with Crippen LogP contribution in [-0.4, -0.2) is 12.1 Å². The van der Waals surface area contributed by atoms with Crippen LogP contribution in [0.25, 0.3) is 0 Å². The normalized spacial score (nSPS) is 10.4. The van der Waals surface area contributed by atoms with Crippen LogP contribution in [0.4, 0.5) is 0 Å². The minimum absolute atomic E-state index is 0.470. The summed E-state index contributed by atoms with van der Waals surface area (Å²) in [7, 11) is 1.64. The van der Waals surface area contributed by atoms with Crippen LogP contribution in [0.2, 0.25) is 0 Å². The van der Waals surface area contributed by atoms with Crippen LogP contribution >= 0.6 is 11.3 Å². The van der Waals surface area contributed by atoms with Crippen molar-refractivity contribution in [2.45, 2.75) is 20.1 Å². The summed E-state index contributed by atoms with van der Waals surface area (Å²) in [5.41, 5.74) is 6.62. The zero-order chi connectivity index (χ0) is 13.0. The van der Waals surface area contributed by atoms with Gasteiger partial charge in [0.05, 0.1) is 12.8 Å². The van der Waals surface area contributed by atoms with E-state index in [1.54, 1.807) is 18.4 Å². The first-order valence-corrected chi connectivity index (χ1v) is 6.46. The molecule has 0 unspecified atom stereocenters. The highest BCUT2D eigenvalue weighted by molar-refractivity contribution is 7.11. The predicted molar refractivity (Wildman–Crippen MR) is 72.1 cm³/mol. The molecular formula is C13H16N2O2S. The molecule has 0 amide bonds. The van der Waals surface area contributed by atoms with Crippen LogP contribution in [0, 0.1) is 6.92 Å². The van der Waals surface area contributed by atoms with Gasteiger partial charge in [0.2, 0.25) is 0 Å². The average Bonchev–Trinajstić information content (AvgIpc) is 2.77. The van der Waals surface area contributed by atoms with Crippen molar-refractivity contribution in [2.24, 2.45) is 5.73 Å². The van der Waals surface area contributed by atoms with Crippen molar-refractivity contribution >= 4 is 11.3 Å². The fourth-order valence-corrected chi connectivity index (χ4v) is 2.42. The first-order valence-electron chi connectivity index (χ1n) is 5.65. The van der Waals surface area contributed by atoms with Gasteiger partial charge in [-0.15, -0.1) is 11.3 Å². The molecule has 2 aromatic rings. The number of hydrogen-bond acceptors (Lipinski definition) is 5. The van der Waals surface area contributed by atoms with E-state index in [1.807, 2.05) is 31.2 Å². The molecule has 0 bridgehead atoms. The fourth-order valence-electron chi connectivity index (χ4n) is 1.56. The van der Waals surface area contributed by atoms with Gasteiger partial charge in [-0.3, -0.25) is 0 Å². The van der Waals surface area contributed by atoms with Gasteiger partial charge in [0.1, 0.15) is 23.1 Å². The number of hydrogen-bond donors (Lipinski definition) is 1. The number of methoxy groups -OCH3 is 1.